The van der Waals surface area contributed by atoms with Crippen LogP contribution in [0.25, 0.3) is 0 Å². The molecule has 6 N–H and O–H groups in total. The predicted octanol–water partition coefficient (Wildman–Crippen LogP) is -0.327. The summed E-state index contributed by atoms with van der Waals surface area (Å²) in [7, 11) is -8.22. The van der Waals surface area contributed by atoms with E-state index in [9.17, 15) is 36.5 Å². The van der Waals surface area contributed by atoms with Crippen molar-refractivity contribution in [2.45, 2.75) is 22.8 Å². The molecule has 0 unspecified atom stereocenters. The molecule has 1 atom stereocenters. The van der Waals surface area contributed by atoms with Gasteiger partial charge in [0.05, 0.1) is 14.7 Å². The van der Waals surface area contributed by atoms with Crippen LogP contribution in [0.5, 0.6) is 0 Å². The van der Waals surface area contributed by atoms with Gasteiger partial charge in [-0.1, -0.05) is 0 Å². The summed E-state index contributed by atoms with van der Waals surface area (Å²) >= 11 is 0. The molecule has 0 saturated carbocycles. The average Bonchev–Trinajstić information content (AvgIpc) is 2.72. The second-order valence-corrected chi connectivity index (χ2v) is 9.82. The third-order valence-corrected chi connectivity index (χ3v) is 6.37. The van der Waals surface area contributed by atoms with Gasteiger partial charge in [-0.15, -0.1) is 0 Å². The molecule has 0 aliphatic rings. The number of nitrogens with zero attached hydrogens (tertiary/aromatic N) is 1. The third kappa shape index (κ3) is 6.94. The molecule has 0 radical (unpaired) electrons. The predicted molar refractivity (Wildman–Crippen MR) is 115 cm³/mol. The minimum Gasteiger partial charge on any atom is -0.452 e. The minimum absolute atomic E-state index is 0.168. The maximum Gasteiger partial charge on any atom is 0.321 e. The molecule has 2 rings (SSSR count). The van der Waals surface area contributed by atoms with Gasteiger partial charge in [-0.2, -0.15) is 4.72 Å². The van der Waals surface area contributed by atoms with Crippen LogP contribution in [0.4, 0.5) is 17.1 Å². The number of nitro groups is 1. The van der Waals surface area contributed by atoms with Crippen LogP contribution in [0, 0.1) is 10.1 Å². The first-order valence-electron chi connectivity index (χ1n) is 8.87. The van der Waals surface area contributed by atoms with E-state index in [1.165, 1.54) is 19.1 Å². The number of amides is 1. The fourth-order valence-corrected chi connectivity index (χ4v) is 3.85. The quantitative estimate of drug-likeness (QED) is 0.151. The number of rotatable bonds is 9. The Morgan fingerprint density at radius 1 is 1.09 bits per heavy atom. The fraction of sp³-hybridized carbons (Fsp3) is 0.176. The Labute approximate surface area is 188 Å². The summed E-state index contributed by atoms with van der Waals surface area (Å²) in [5.41, 5.74) is 4.75. The van der Waals surface area contributed by atoms with Crippen molar-refractivity contribution in [2.24, 2.45) is 5.14 Å². The number of hydrogen-bond acceptors (Lipinski definition) is 10. The lowest BCUT2D eigenvalue weighted by atomic mass is 10.3. The molecule has 2 aromatic rings. The molecular weight excluding hydrogens is 482 g/mol. The van der Waals surface area contributed by atoms with Gasteiger partial charge in [0.25, 0.3) is 11.6 Å². The van der Waals surface area contributed by atoms with E-state index in [4.69, 9.17) is 15.6 Å². The molecule has 0 fully saturated rings. The highest BCUT2D eigenvalue weighted by molar-refractivity contribution is 7.89. The maximum absolute atomic E-state index is 12.3. The van der Waals surface area contributed by atoms with Gasteiger partial charge in [-0.3, -0.25) is 19.7 Å². The van der Waals surface area contributed by atoms with Crippen LogP contribution in [0.2, 0.25) is 0 Å². The molecule has 16 heteroatoms. The summed E-state index contributed by atoms with van der Waals surface area (Å²) in [6, 6.07) is 7.66. The zero-order chi connectivity index (χ0) is 25.0. The Kier molecular flexibility index (Phi) is 7.70. The van der Waals surface area contributed by atoms with Crippen molar-refractivity contribution in [3.8, 4) is 0 Å². The van der Waals surface area contributed by atoms with Crippen LogP contribution in [0.3, 0.4) is 0 Å². The van der Waals surface area contributed by atoms with E-state index in [2.05, 4.69) is 5.32 Å². The highest BCUT2D eigenvalue weighted by Gasteiger charge is 2.23. The normalized spacial score (nSPS) is 12.5. The Morgan fingerprint density at radius 2 is 1.67 bits per heavy atom. The summed E-state index contributed by atoms with van der Waals surface area (Å²) in [4.78, 5) is 33.5. The van der Waals surface area contributed by atoms with Crippen LogP contribution >= 0.6 is 0 Å². The Bertz CT molecular complexity index is 1290. The number of sulfonamides is 2. The first kappa shape index (κ1) is 25.7. The van der Waals surface area contributed by atoms with Crippen LogP contribution in [-0.2, 0) is 34.4 Å². The first-order chi connectivity index (χ1) is 15.2. The second kappa shape index (κ2) is 9.90. The zero-order valence-electron chi connectivity index (χ0n) is 16.9. The van der Waals surface area contributed by atoms with E-state index >= 15 is 0 Å². The maximum atomic E-state index is 12.3. The van der Waals surface area contributed by atoms with E-state index in [1.807, 2.05) is 4.72 Å². The highest BCUT2D eigenvalue weighted by Crippen LogP contribution is 2.24. The number of hydrogen-bond donors (Lipinski definition) is 4. The molecule has 0 aromatic heterocycles. The summed E-state index contributed by atoms with van der Waals surface area (Å²) in [6.45, 7) is 0.366. The number of nitrogens with one attached hydrogen (secondary N) is 2. The number of carbonyl (C=O) groups is 2. The first-order valence-corrected chi connectivity index (χ1v) is 11.9. The topological polar surface area (TPSA) is 231 Å². The van der Waals surface area contributed by atoms with E-state index in [0.717, 1.165) is 30.3 Å². The van der Waals surface area contributed by atoms with Crippen molar-refractivity contribution < 1.29 is 36.1 Å². The Hall–Kier alpha value is -3.60. The second-order valence-electron chi connectivity index (χ2n) is 6.49. The molecule has 0 bridgehead atoms. The Morgan fingerprint density at radius 3 is 2.21 bits per heavy atom. The lowest BCUT2D eigenvalue weighted by Gasteiger charge is -2.14. The number of primary sulfonamides is 1. The smallest absolute Gasteiger partial charge is 0.321 e. The highest BCUT2D eigenvalue weighted by atomic mass is 32.2. The molecule has 14 nitrogen and oxygen atoms in total. The van der Waals surface area contributed by atoms with Crippen molar-refractivity contribution in [3.63, 3.8) is 0 Å². The van der Waals surface area contributed by atoms with Gasteiger partial charge in [0, 0.05) is 11.8 Å². The van der Waals surface area contributed by atoms with Crippen molar-refractivity contribution in [1.29, 1.82) is 0 Å². The van der Waals surface area contributed by atoms with Crippen LogP contribution < -0.4 is 20.9 Å². The van der Waals surface area contributed by atoms with E-state index in [0.29, 0.717) is 0 Å². The molecule has 2 aromatic carbocycles. The van der Waals surface area contributed by atoms with Gasteiger partial charge >= 0.3 is 5.97 Å². The van der Waals surface area contributed by atoms with Crippen molar-refractivity contribution in [1.82, 2.24) is 4.72 Å². The molecule has 1 amide bonds. The number of anilines is 2. The lowest BCUT2D eigenvalue weighted by Crippen LogP contribution is -2.35. The summed E-state index contributed by atoms with van der Waals surface area (Å²) in [6.07, 6.45) is -1.34. The molecule has 0 aliphatic heterocycles. The van der Waals surface area contributed by atoms with Crippen LogP contribution in [-0.4, -0.2) is 46.3 Å². The van der Waals surface area contributed by atoms with Gasteiger partial charge in [-0.25, -0.2) is 22.0 Å². The number of carbonyl (C=O) groups excluding carboxylic acids is 2. The molecule has 0 saturated heterocycles. The number of nitrogen functional groups attached to an aromatic ring is 1. The molecule has 0 heterocycles. The minimum atomic E-state index is -4.32. The third-order valence-electron chi connectivity index (χ3n) is 4.04. The van der Waals surface area contributed by atoms with Crippen molar-refractivity contribution in [3.05, 3.63) is 52.6 Å². The van der Waals surface area contributed by atoms with Crippen molar-refractivity contribution in [2.75, 3.05) is 17.6 Å². The fourth-order valence-electron chi connectivity index (χ4n) is 2.35. The Balaban J connectivity index is 1.95. The summed E-state index contributed by atoms with van der Waals surface area (Å²) in [5.74, 6) is -1.88. The average molecular weight is 501 g/mol. The number of ether oxygens (including phenoxy) is 1. The van der Waals surface area contributed by atoms with Crippen LogP contribution in [0.15, 0.2) is 52.3 Å². The van der Waals surface area contributed by atoms with E-state index < -0.39 is 60.1 Å². The molecule has 0 aliphatic carbocycles. The number of esters is 1. The van der Waals surface area contributed by atoms with Crippen molar-refractivity contribution >= 4 is 49.0 Å². The van der Waals surface area contributed by atoms with E-state index in [-0.39, 0.29) is 16.3 Å². The summed E-state index contributed by atoms with van der Waals surface area (Å²) < 4.78 is 53.8. The molecule has 0 spiro atoms. The standard InChI is InChI=1S/C17H19N5O9S2/c1-10(17(24)21-11-2-4-12(5-3-11)32(19,27)28)31-16(23)9-20-33(29,30)13-6-7-14(18)15(8-13)22(25)26/h2-8,10,20H,9,18H2,1H3,(H,21,24)(H2,19,27,28)/t10-/m0/s1. The van der Waals surface area contributed by atoms with Gasteiger partial charge < -0.3 is 15.8 Å². The molecule has 33 heavy (non-hydrogen) atoms. The zero-order valence-corrected chi connectivity index (χ0v) is 18.6. The summed E-state index contributed by atoms with van der Waals surface area (Å²) in [5, 5.41) is 18.3. The van der Waals surface area contributed by atoms with Gasteiger partial charge in [-0.05, 0) is 43.3 Å². The number of nitrogens with two attached hydrogens (primary N) is 2. The van der Waals surface area contributed by atoms with Crippen LogP contribution in [0.1, 0.15) is 6.92 Å². The molecule has 178 valence electrons. The lowest BCUT2D eigenvalue weighted by molar-refractivity contribution is -0.384. The monoisotopic (exact) mass is 501 g/mol. The van der Waals surface area contributed by atoms with Gasteiger partial charge in [0.2, 0.25) is 20.0 Å². The largest absolute Gasteiger partial charge is 0.452 e. The molecular formula is C17H19N5O9S2. The van der Waals surface area contributed by atoms with Gasteiger partial charge in [0.1, 0.15) is 12.2 Å². The van der Waals surface area contributed by atoms with E-state index in [1.54, 1.807) is 0 Å². The number of benzene rings is 2. The SMILES string of the molecule is C[C@H](OC(=O)CNS(=O)(=O)c1ccc(N)c([N+](=O)[O-])c1)C(=O)Nc1ccc(S(N)(=O)=O)cc1. The number of nitro benzene ring substituents is 1. The van der Waals surface area contributed by atoms with Gasteiger partial charge in [0.15, 0.2) is 6.10 Å².